The lowest BCUT2D eigenvalue weighted by Crippen LogP contribution is -2.33. The highest BCUT2D eigenvalue weighted by Crippen LogP contribution is 2.26. The Bertz CT molecular complexity index is 445. The van der Waals surface area contributed by atoms with Crippen LogP contribution in [0.5, 0.6) is 0 Å². The van der Waals surface area contributed by atoms with Gasteiger partial charge in [-0.2, -0.15) is 0 Å². The van der Waals surface area contributed by atoms with E-state index in [1.165, 1.54) is 0 Å². The molecule has 0 aliphatic heterocycles. The topological polar surface area (TPSA) is 49.3 Å². The van der Waals surface area contributed by atoms with E-state index in [-0.39, 0.29) is 12.0 Å². The molecule has 0 saturated heterocycles. The predicted molar refractivity (Wildman–Crippen MR) is 76.8 cm³/mol. The van der Waals surface area contributed by atoms with E-state index in [1.54, 1.807) is 18.2 Å². The minimum absolute atomic E-state index is 0.237. The highest BCUT2D eigenvalue weighted by Gasteiger charge is 2.21. The molecule has 2 unspecified atom stereocenters. The monoisotopic (exact) mass is 301 g/mol. The molecule has 2 rings (SSSR count). The van der Waals surface area contributed by atoms with E-state index in [4.69, 9.17) is 23.2 Å². The van der Waals surface area contributed by atoms with Crippen molar-refractivity contribution in [2.75, 3.05) is 6.54 Å². The molecular formula is C14H17Cl2NO2. The fourth-order valence-corrected chi connectivity index (χ4v) is 3.06. The molecule has 1 aromatic carbocycles. The minimum atomic E-state index is -0.254. The molecule has 3 nitrogen and oxygen atoms in total. The molecule has 0 spiro atoms. The quantitative estimate of drug-likeness (QED) is 0.900. The van der Waals surface area contributed by atoms with E-state index in [2.05, 4.69) is 5.32 Å². The van der Waals surface area contributed by atoms with Gasteiger partial charge in [-0.1, -0.05) is 35.7 Å². The maximum Gasteiger partial charge on any atom is 0.254 e. The van der Waals surface area contributed by atoms with E-state index in [9.17, 15) is 9.90 Å². The summed E-state index contributed by atoms with van der Waals surface area (Å²) < 4.78 is 0. The van der Waals surface area contributed by atoms with Gasteiger partial charge < -0.3 is 10.4 Å². The lowest BCUT2D eigenvalue weighted by atomic mass is 9.87. The third-order valence-electron chi connectivity index (χ3n) is 3.50. The van der Waals surface area contributed by atoms with Crippen molar-refractivity contribution < 1.29 is 9.90 Å². The van der Waals surface area contributed by atoms with Gasteiger partial charge in [0.15, 0.2) is 0 Å². The number of carbonyl (C=O) groups is 1. The van der Waals surface area contributed by atoms with Gasteiger partial charge in [-0.15, -0.1) is 0 Å². The fraction of sp³-hybridized carbons (Fsp3) is 0.500. The molecule has 1 aromatic rings. The molecule has 1 amide bonds. The average molecular weight is 302 g/mol. The molecule has 19 heavy (non-hydrogen) atoms. The summed E-state index contributed by atoms with van der Waals surface area (Å²) in [6.07, 6.45) is 3.42. The van der Waals surface area contributed by atoms with Gasteiger partial charge in [-0.05, 0) is 37.3 Å². The maximum atomic E-state index is 12.1. The van der Waals surface area contributed by atoms with Crippen molar-refractivity contribution >= 4 is 29.1 Å². The molecule has 1 aliphatic rings. The Labute approximate surface area is 122 Å². The Morgan fingerprint density at radius 3 is 2.63 bits per heavy atom. The van der Waals surface area contributed by atoms with Crippen LogP contribution in [-0.4, -0.2) is 23.7 Å². The van der Waals surface area contributed by atoms with Crippen LogP contribution in [0.25, 0.3) is 0 Å². The number of halogens is 2. The molecule has 2 N–H and O–H groups in total. The highest BCUT2D eigenvalue weighted by molar-refractivity contribution is 6.39. The first kappa shape index (κ1) is 14.6. The summed E-state index contributed by atoms with van der Waals surface area (Å²) in [5.74, 6) is 0.0737. The molecule has 1 saturated carbocycles. The van der Waals surface area contributed by atoms with Crippen LogP contribution in [0.4, 0.5) is 0 Å². The van der Waals surface area contributed by atoms with E-state index < -0.39 is 0 Å². The zero-order chi connectivity index (χ0) is 13.8. The van der Waals surface area contributed by atoms with Gasteiger partial charge in [-0.25, -0.2) is 0 Å². The summed E-state index contributed by atoms with van der Waals surface area (Å²) in [7, 11) is 0. The lowest BCUT2D eigenvalue weighted by molar-refractivity contribution is 0.0874. The van der Waals surface area contributed by atoms with Gasteiger partial charge >= 0.3 is 0 Å². The minimum Gasteiger partial charge on any atom is -0.393 e. The molecule has 2 atom stereocenters. The van der Waals surface area contributed by atoms with Crippen LogP contribution in [0.15, 0.2) is 18.2 Å². The van der Waals surface area contributed by atoms with Crippen molar-refractivity contribution in [2.24, 2.45) is 5.92 Å². The Hall–Kier alpha value is -0.770. The number of aliphatic hydroxyl groups is 1. The Morgan fingerprint density at radius 2 is 2.00 bits per heavy atom. The van der Waals surface area contributed by atoms with E-state index in [0.717, 1.165) is 25.7 Å². The number of benzene rings is 1. The second kappa shape index (κ2) is 6.60. The van der Waals surface area contributed by atoms with Crippen molar-refractivity contribution in [3.05, 3.63) is 33.8 Å². The van der Waals surface area contributed by atoms with Crippen molar-refractivity contribution in [3.63, 3.8) is 0 Å². The van der Waals surface area contributed by atoms with Crippen LogP contribution in [0.3, 0.4) is 0 Å². The number of aliphatic hydroxyl groups excluding tert-OH is 1. The molecule has 0 aromatic heterocycles. The second-order valence-corrected chi connectivity index (χ2v) is 5.81. The van der Waals surface area contributed by atoms with Crippen molar-refractivity contribution in [3.8, 4) is 0 Å². The summed E-state index contributed by atoms with van der Waals surface area (Å²) in [5, 5.41) is 13.2. The van der Waals surface area contributed by atoms with Crippen molar-refractivity contribution in [1.29, 1.82) is 0 Å². The van der Waals surface area contributed by atoms with Gasteiger partial charge in [-0.3, -0.25) is 4.79 Å². The van der Waals surface area contributed by atoms with Crippen molar-refractivity contribution in [2.45, 2.75) is 31.8 Å². The SMILES string of the molecule is O=C(NCC1CCCC(O)C1)c1c(Cl)cccc1Cl. The van der Waals surface area contributed by atoms with E-state index >= 15 is 0 Å². The van der Waals surface area contributed by atoms with Gasteiger partial charge in [0.05, 0.1) is 21.7 Å². The summed E-state index contributed by atoms with van der Waals surface area (Å²) in [5.41, 5.74) is 0.321. The highest BCUT2D eigenvalue weighted by atomic mass is 35.5. The molecule has 0 bridgehead atoms. The van der Waals surface area contributed by atoms with E-state index in [0.29, 0.717) is 28.1 Å². The van der Waals surface area contributed by atoms with Gasteiger partial charge in [0.25, 0.3) is 5.91 Å². The Balaban J connectivity index is 1.94. The Kier molecular flexibility index (Phi) is 5.08. The van der Waals surface area contributed by atoms with Crippen molar-refractivity contribution in [1.82, 2.24) is 5.32 Å². The summed E-state index contributed by atoms with van der Waals surface area (Å²) >= 11 is 12.0. The number of hydrogen-bond acceptors (Lipinski definition) is 2. The largest absolute Gasteiger partial charge is 0.393 e. The second-order valence-electron chi connectivity index (χ2n) is 4.99. The number of carbonyl (C=O) groups excluding carboxylic acids is 1. The van der Waals surface area contributed by atoms with Gasteiger partial charge in [0.2, 0.25) is 0 Å². The molecule has 104 valence electrons. The first-order valence-electron chi connectivity index (χ1n) is 6.48. The number of hydrogen-bond donors (Lipinski definition) is 2. The van der Waals surface area contributed by atoms with E-state index in [1.807, 2.05) is 0 Å². The van der Waals surface area contributed by atoms with Crippen LogP contribution >= 0.6 is 23.2 Å². The van der Waals surface area contributed by atoms with Gasteiger partial charge in [0, 0.05) is 6.54 Å². The predicted octanol–water partition coefficient (Wildman–Crippen LogP) is 3.27. The average Bonchev–Trinajstić information content (AvgIpc) is 2.36. The van der Waals surface area contributed by atoms with Crippen LogP contribution in [0.1, 0.15) is 36.0 Å². The number of nitrogens with one attached hydrogen (secondary N) is 1. The summed E-state index contributed by atoms with van der Waals surface area (Å²) in [4.78, 5) is 12.1. The maximum absolute atomic E-state index is 12.1. The molecule has 1 fully saturated rings. The first-order chi connectivity index (χ1) is 9.08. The molecule has 0 radical (unpaired) electrons. The molecule has 1 aliphatic carbocycles. The third kappa shape index (κ3) is 3.85. The molecular weight excluding hydrogens is 285 g/mol. The van der Waals surface area contributed by atoms with Gasteiger partial charge in [0.1, 0.15) is 0 Å². The zero-order valence-electron chi connectivity index (χ0n) is 10.5. The number of rotatable bonds is 3. The smallest absolute Gasteiger partial charge is 0.254 e. The molecule has 5 heteroatoms. The normalized spacial score (nSPS) is 23.1. The van der Waals surface area contributed by atoms with Crippen LogP contribution < -0.4 is 5.32 Å². The standard InChI is InChI=1S/C14H17Cl2NO2/c15-11-5-2-6-12(16)13(11)14(19)17-8-9-3-1-4-10(18)7-9/h2,5-6,9-10,18H,1,3-4,7-8H2,(H,17,19). The van der Waals surface area contributed by atoms with Crippen LogP contribution in [-0.2, 0) is 0 Å². The third-order valence-corrected chi connectivity index (χ3v) is 4.13. The fourth-order valence-electron chi connectivity index (χ4n) is 2.49. The summed E-state index contributed by atoms with van der Waals surface area (Å²) in [6.45, 7) is 0.553. The zero-order valence-corrected chi connectivity index (χ0v) is 12.0. The van der Waals surface area contributed by atoms with Crippen LogP contribution in [0.2, 0.25) is 10.0 Å². The molecule has 0 heterocycles. The Morgan fingerprint density at radius 1 is 1.32 bits per heavy atom. The summed E-state index contributed by atoms with van der Waals surface area (Å²) in [6, 6.07) is 5.00. The van der Waals surface area contributed by atoms with Crippen LogP contribution in [0, 0.1) is 5.92 Å². The first-order valence-corrected chi connectivity index (χ1v) is 7.24. The number of amides is 1. The lowest BCUT2D eigenvalue weighted by Gasteiger charge is -2.26.